The fourth-order valence-electron chi connectivity index (χ4n) is 1.74. The van der Waals surface area contributed by atoms with Crippen molar-refractivity contribution in [2.45, 2.75) is 19.6 Å². The molecule has 1 heterocycles. The summed E-state index contributed by atoms with van der Waals surface area (Å²) in [6.07, 6.45) is 1.11. The molecule has 0 aliphatic carbocycles. The summed E-state index contributed by atoms with van der Waals surface area (Å²) in [6, 6.07) is 7.35. The summed E-state index contributed by atoms with van der Waals surface area (Å²) in [4.78, 5) is 4.08. The van der Waals surface area contributed by atoms with Crippen LogP contribution >= 0.6 is 0 Å². The van der Waals surface area contributed by atoms with Crippen LogP contribution in [0.25, 0.3) is 0 Å². The highest BCUT2D eigenvalue weighted by Crippen LogP contribution is 2.17. The number of aliphatic hydroxyl groups is 1. The SMILES string of the molecule is COc1ccc(C(O)CNCc2ncc(C)o2)cc1. The summed E-state index contributed by atoms with van der Waals surface area (Å²) in [5, 5.41) is 13.1. The third-order valence-corrected chi connectivity index (χ3v) is 2.78. The number of nitrogens with zero attached hydrogens (tertiary/aromatic N) is 1. The number of ether oxygens (including phenoxy) is 1. The normalized spacial score (nSPS) is 12.4. The number of aromatic nitrogens is 1. The Hall–Kier alpha value is -1.85. The van der Waals surface area contributed by atoms with Crippen molar-refractivity contribution in [3.8, 4) is 5.75 Å². The topological polar surface area (TPSA) is 67.5 Å². The number of nitrogens with one attached hydrogen (secondary N) is 1. The summed E-state index contributed by atoms with van der Waals surface area (Å²) in [6.45, 7) is 2.79. The van der Waals surface area contributed by atoms with E-state index in [0.29, 0.717) is 19.0 Å². The quantitative estimate of drug-likeness (QED) is 0.831. The largest absolute Gasteiger partial charge is 0.497 e. The van der Waals surface area contributed by atoms with Gasteiger partial charge in [0, 0.05) is 6.54 Å². The first-order valence-corrected chi connectivity index (χ1v) is 6.13. The van der Waals surface area contributed by atoms with E-state index in [1.54, 1.807) is 13.3 Å². The predicted molar refractivity (Wildman–Crippen MR) is 70.9 cm³/mol. The number of aliphatic hydroxyl groups excluding tert-OH is 1. The van der Waals surface area contributed by atoms with Crippen LogP contribution in [0.1, 0.15) is 23.3 Å². The Morgan fingerprint density at radius 3 is 2.68 bits per heavy atom. The van der Waals surface area contributed by atoms with Crippen molar-refractivity contribution in [2.24, 2.45) is 0 Å². The van der Waals surface area contributed by atoms with Gasteiger partial charge in [-0.25, -0.2) is 4.98 Å². The molecule has 2 N–H and O–H groups in total. The Morgan fingerprint density at radius 2 is 2.11 bits per heavy atom. The Balaban J connectivity index is 1.81. The van der Waals surface area contributed by atoms with Gasteiger partial charge in [0.2, 0.25) is 5.89 Å². The molecule has 0 fully saturated rings. The van der Waals surface area contributed by atoms with Crippen LogP contribution in [0.15, 0.2) is 34.9 Å². The average Bonchev–Trinajstić information content (AvgIpc) is 2.84. The highest BCUT2D eigenvalue weighted by atomic mass is 16.5. The lowest BCUT2D eigenvalue weighted by Crippen LogP contribution is -2.21. The van der Waals surface area contributed by atoms with Crippen LogP contribution in [-0.2, 0) is 6.54 Å². The molecule has 2 aromatic rings. The molecule has 0 bridgehead atoms. The lowest BCUT2D eigenvalue weighted by molar-refractivity contribution is 0.173. The van der Waals surface area contributed by atoms with Crippen molar-refractivity contribution in [1.82, 2.24) is 10.3 Å². The molecule has 5 heteroatoms. The van der Waals surface area contributed by atoms with Gasteiger partial charge in [-0.1, -0.05) is 12.1 Å². The maximum Gasteiger partial charge on any atom is 0.208 e. The van der Waals surface area contributed by atoms with Crippen molar-refractivity contribution >= 4 is 0 Å². The molecule has 1 aromatic carbocycles. The third-order valence-electron chi connectivity index (χ3n) is 2.78. The minimum Gasteiger partial charge on any atom is -0.497 e. The Kier molecular flexibility index (Phi) is 4.54. The van der Waals surface area contributed by atoms with Gasteiger partial charge in [-0.15, -0.1) is 0 Å². The van der Waals surface area contributed by atoms with Crippen molar-refractivity contribution in [3.05, 3.63) is 47.7 Å². The molecule has 0 saturated heterocycles. The van der Waals surface area contributed by atoms with Gasteiger partial charge in [0.15, 0.2) is 0 Å². The van der Waals surface area contributed by atoms with Crippen LogP contribution in [0.4, 0.5) is 0 Å². The standard InChI is InChI=1S/C14H18N2O3/c1-10-7-16-14(19-10)9-15-8-13(17)11-3-5-12(18-2)6-4-11/h3-7,13,15,17H,8-9H2,1-2H3. The van der Waals surface area contributed by atoms with Crippen molar-refractivity contribution in [2.75, 3.05) is 13.7 Å². The molecule has 0 aliphatic heterocycles. The molecule has 102 valence electrons. The van der Waals surface area contributed by atoms with E-state index in [1.165, 1.54) is 0 Å². The summed E-state index contributed by atoms with van der Waals surface area (Å²) >= 11 is 0. The predicted octanol–water partition coefficient (Wildman–Crippen LogP) is 1.81. The van der Waals surface area contributed by atoms with Crippen molar-refractivity contribution in [3.63, 3.8) is 0 Å². The molecule has 1 unspecified atom stereocenters. The highest BCUT2D eigenvalue weighted by Gasteiger charge is 2.08. The maximum atomic E-state index is 10.0. The van der Waals surface area contributed by atoms with E-state index in [0.717, 1.165) is 17.1 Å². The summed E-state index contributed by atoms with van der Waals surface area (Å²) in [7, 11) is 1.62. The molecular weight excluding hydrogens is 244 g/mol. The van der Waals surface area contributed by atoms with Crippen LogP contribution in [0.3, 0.4) is 0 Å². The molecule has 0 radical (unpaired) electrons. The first kappa shape index (κ1) is 13.6. The Labute approximate surface area is 112 Å². The summed E-state index contributed by atoms with van der Waals surface area (Å²) < 4.78 is 10.4. The second-order valence-corrected chi connectivity index (χ2v) is 4.28. The van der Waals surface area contributed by atoms with Gasteiger partial charge >= 0.3 is 0 Å². The molecule has 0 aliphatic rings. The minimum absolute atomic E-state index is 0.438. The fraction of sp³-hybridized carbons (Fsp3) is 0.357. The van der Waals surface area contributed by atoms with Gasteiger partial charge < -0.3 is 19.6 Å². The molecule has 0 spiro atoms. The first-order chi connectivity index (χ1) is 9.19. The number of benzene rings is 1. The summed E-state index contributed by atoms with van der Waals surface area (Å²) in [5.41, 5.74) is 0.844. The molecule has 19 heavy (non-hydrogen) atoms. The van der Waals surface area contributed by atoms with Crippen LogP contribution in [0.2, 0.25) is 0 Å². The monoisotopic (exact) mass is 262 g/mol. The molecule has 0 amide bonds. The lowest BCUT2D eigenvalue weighted by atomic mass is 10.1. The van der Waals surface area contributed by atoms with E-state index in [-0.39, 0.29) is 0 Å². The number of hydrogen-bond donors (Lipinski definition) is 2. The molecule has 1 aromatic heterocycles. The molecule has 5 nitrogen and oxygen atoms in total. The number of oxazole rings is 1. The van der Waals surface area contributed by atoms with E-state index >= 15 is 0 Å². The van der Waals surface area contributed by atoms with Gasteiger partial charge in [-0.2, -0.15) is 0 Å². The summed E-state index contributed by atoms with van der Waals surface area (Å²) in [5.74, 6) is 2.19. The molecule has 2 rings (SSSR count). The Morgan fingerprint density at radius 1 is 1.37 bits per heavy atom. The van der Waals surface area contributed by atoms with Gasteiger partial charge in [0.1, 0.15) is 11.5 Å². The fourth-order valence-corrected chi connectivity index (χ4v) is 1.74. The van der Waals surface area contributed by atoms with Crippen LogP contribution in [0.5, 0.6) is 5.75 Å². The van der Waals surface area contributed by atoms with E-state index in [2.05, 4.69) is 10.3 Å². The molecular formula is C14H18N2O3. The van der Waals surface area contributed by atoms with Gasteiger partial charge in [0.05, 0.1) is 26.0 Å². The van der Waals surface area contributed by atoms with Gasteiger partial charge in [-0.05, 0) is 24.6 Å². The number of aryl methyl sites for hydroxylation is 1. The van der Waals surface area contributed by atoms with E-state index in [9.17, 15) is 5.11 Å². The van der Waals surface area contributed by atoms with Gasteiger partial charge in [-0.3, -0.25) is 0 Å². The van der Waals surface area contributed by atoms with Crippen molar-refractivity contribution in [1.29, 1.82) is 0 Å². The van der Waals surface area contributed by atoms with Crippen LogP contribution < -0.4 is 10.1 Å². The van der Waals surface area contributed by atoms with E-state index in [4.69, 9.17) is 9.15 Å². The zero-order valence-electron chi connectivity index (χ0n) is 11.1. The highest BCUT2D eigenvalue weighted by molar-refractivity contribution is 5.28. The lowest BCUT2D eigenvalue weighted by Gasteiger charge is -2.11. The van der Waals surface area contributed by atoms with Crippen LogP contribution in [0, 0.1) is 6.92 Å². The van der Waals surface area contributed by atoms with E-state index < -0.39 is 6.10 Å². The molecule has 0 saturated carbocycles. The number of hydrogen-bond acceptors (Lipinski definition) is 5. The number of rotatable bonds is 6. The third kappa shape index (κ3) is 3.81. The second-order valence-electron chi connectivity index (χ2n) is 4.28. The zero-order valence-corrected chi connectivity index (χ0v) is 11.1. The van der Waals surface area contributed by atoms with Crippen LogP contribution in [-0.4, -0.2) is 23.7 Å². The average molecular weight is 262 g/mol. The smallest absolute Gasteiger partial charge is 0.208 e. The first-order valence-electron chi connectivity index (χ1n) is 6.13. The van der Waals surface area contributed by atoms with E-state index in [1.807, 2.05) is 31.2 Å². The Bertz CT molecular complexity index is 508. The number of methoxy groups -OCH3 is 1. The molecule has 1 atom stereocenters. The second kappa shape index (κ2) is 6.36. The van der Waals surface area contributed by atoms with Crippen molar-refractivity contribution < 1.29 is 14.3 Å². The zero-order chi connectivity index (χ0) is 13.7. The maximum absolute atomic E-state index is 10.0. The van der Waals surface area contributed by atoms with Gasteiger partial charge in [0.25, 0.3) is 0 Å². The minimum atomic E-state index is -0.568.